The van der Waals surface area contributed by atoms with Crippen molar-refractivity contribution >= 4 is 11.9 Å². The number of rotatable bonds is 3. The molecule has 1 amide bonds. The number of aliphatic carboxylic acids is 1. The highest BCUT2D eigenvalue weighted by Crippen LogP contribution is 2.32. The summed E-state index contributed by atoms with van der Waals surface area (Å²) in [5.41, 5.74) is 0. The molecule has 2 fully saturated rings. The van der Waals surface area contributed by atoms with Gasteiger partial charge in [0.25, 0.3) is 0 Å². The minimum Gasteiger partial charge on any atom is -0.481 e. The molecule has 0 spiro atoms. The lowest BCUT2D eigenvalue weighted by atomic mass is 10.0. The van der Waals surface area contributed by atoms with Crippen molar-refractivity contribution in [1.29, 1.82) is 0 Å². The molecule has 3 atom stereocenters. The summed E-state index contributed by atoms with van der Waals surface area (Å²) in [5, 5.41) is 8.96. The lowest BCUT2D eigenvalue weighted by molar-refractivity contribution is -0.144. The molecule has 1 N–H and O–H groups in total. The van der Waals surface area contributed by atoms with Crippen LogP contribution in [0.3, 0.4) is 0 Å². The SMILES string of the molecule is CCC1CN(C(=O)C2CCC(C(=O)O)C2)CCO1. The minimum absolute atomic E-state index is 0.0956. The van der Waals surface area contributed by atoms with Crippen molar-refractivity contribution < 1.29 is 19.4 Å². The fraction of sp³-hybridized carbons (Fsp3) is 0.846. The molecule has 0 aromatic heterocycles. The zero-order chi connectivity index (χ0) is 13.1. The fourth-order valence-electron chi connectivity index (χ4n) is 2.85. The average molecular weight is 255 g/mol. The molecule has 1 saturated carbocycles. The molecule has 102 valence electrons. The number of hydrogen-bond acceptors (Lipinski definition) is 3. The molecule has 0 radical (unpaired) electrons. The Morgan fingerprint density at radius 3 is 2.67 bits per heavy atom. The normalized spacial score (nSPS) is 32.5. The molecular formula is C13H21NO4. The van der Waals surface area contributed by atoms with Crippen molar-refractivity contribution in [3.8, 4) is 0 Å². The van der Waals surface area contributed by atoms with Crippen LogP contribution in [0.5, 0.6) is 0 Å². The Bertz CT molecular complexity index is 331. The molecule has 3 unspecified atom stereocenters. The van der Waals surface area contributed by atoms with E-state index in [1.807, 2.05) is 4.90 Å². The van der Waals surface area contributed by atoms with E-state index in [4.69, 9.17) is 9.84 Å². The first kappa shape index (κ1) is 13.3. The molecule has 0 aromatic carbocycles. The van der Waals surface area contributed by atoms with Gasteiger partial charge in [-0.25, -0.2) is 0 Å². The summed E-state index contributed by atoms with van der Waals surface area (Å²) < 4.78 is 5.54. The second-order valence-electron chi connectivity index (χ2n) is 5.23. The summed E-state index contributed by atoms with van der Waals surface area (Å²) in [7, 11) is 0. The van der Waals surface area contributed by atoms with Crippen LogP contribution in [0.4, 0.5) is 0 Å². The van der Waals surface area contributed by atoms with Crippen molar-refractivity contribution in [2.75, 3.05) is 19.7 Å². The number of nitrogens with zero attached hydrogens (tertiary/aromatic N) is 1. The van der Waals surface area contributed by atoms with Crippen LogP contribution >= 0.6 is 0 Å². The zero-order valence-corrected chi connectivity index (χ0v) is 10.8. The van der Waals surface area contributed by atoms with Crippen molar-refractivity contribution in [2.24, 2.45) is 11.8 Å². The lowest BCUT2D eigenvalue weighted by Gasteiger charge is -2.34. The number of carboxylic acid groups (broad SMARTS) is 1. The summed E-state index contributed by atoms with van der Waals surface area (Å²) in [5.74, 6) is -1.07. The van der Waals surface area contributed by atoms with Crippen molar-refractivity contribution in [2.45, 2.75) is 38.7 Å². The summed E-state index contributed by atoms with van der Waals surface area (Å²) >= 11 is 0. The van der Waals surface area contributed by atoms with Crippen molar-refractivity contribution in [3.05, 3.63) is 0 Å². The van der Waals surface area contributed by atoms with E-state index in [0.717, 1.165) is 6.42 Å². The fourth-order valence-corrected chi connectivity index (χ4v) is 2.85. The topological polar surface area (TPSA) is 66.8 Å². The molecule has 2 aliphatic rings. The standard InChI is InChI=1S/C13H21NO4/c1-2-11-8-14(5-6-18-11)12(15)9-3-4-10(7-9)13(16)17/h9-11H,2-8H2,1H3,(H,16,17). The predicted octanol–water partition coefficient (Wildman–Crippen LogP) is 1.12. The lowest BCUT2D eigenvalue weighted by Crippen LogP contribution is -2.47. The maximum absolute atomic E-state index is 12.3. The van der Waals surface area contributed by atoms with E-state index in [1.165, 1.54) is 0 Å². The van der Waals surface area contributed by atoms with Crippen LogP contribution in [0.2, 0.25) is 0 Å². The van der Waals surface area contributed by atoms with E-state index < -0.39 is 5.97 Å². The maximum Gasteiger partial charge on any atom is 0.306 e. The number of carboxylic acids is 1. The second-order valence-corrected chi connectivity index (χ2v) is 5.23. The molecule has 1 aliphatic carbocycles. The minimum atomic E-state index is -0.765. The van der Waals surface area contributed by atoms with Crippen LogP contribution in [0, 0.1) is 11.8 Å². The molecule has 1 aliphatic heterocycles. The molecule has 5 heteroatoms. The van der Waals surface area contributed by atoms with E-state index >= 15 is 0 Å². The average Bonchev–Trinajstić information content (AvgIpc) is 2.87. The van der Waals surface area contributed by atoms with E-state index in [1.54, 1.807) is 0 Å². The van der Waals surface area contributed by atoms with E-state index in [9.17, 15) is 9.59 Å². The number of ether oxygens (including phenoxy) is 1. The molecule has 2 rings (SSSR count). The van der Waals surface area contributed by atoms with Gasteiger partial charge in [0.05, 0.1) is 18.6 Å². The summed E-state index contributed by atoms with van der Waals surface area (Å²) in [6, 6.07) is 0. The molecule has 5 nitrogen and oxygen atoms in total. The third-order valence-electron chi connectivity index (χ3n) is 4.04. The van der Waals surface area contributed by atoms with Gasteiger partial charge in [-0.15, -0.1) is 0 Å². The first-order chi connectivity index (χ1) is 8.61. The highest BCUT2D eigenvalue weighted by atomic mass is 16.5. The number of carbonyl (C=O) groups excluding carboxylic acids is 1. The van der Waals surface area contributed by atoms with Gasteiger partial charge >= 0.3 is 5.97 Å². The largest absolute Gasteiger partial charge is 0.481 e. The van der Waals surface area contributed by atoms with Crippen molar-refractivity contribution in [3.63, 3.8) is 0 Å². The molecule has 0 bridgehead atoms. The maximum atomic E-state index is 12.3. The van der Waals surface area contributed by atoms with Gasteiger partial charge in [0.2, 0.25) is 5.91 Å². The quantitative estimate of drug-likeness (QED) is 0.820. The molecule has 0 aromatic rings. The zero-order valence-electron chi connectivity index (χ0n) is 10.8. The van der Waals surface area contributed by atoms with Crippen LogP contribution in [-0.4, -0.2) is 47.7 Å². The molecular weight excluding hydrogens is 234 g/mol. The van der Waals surface area contributed by atoms with Gasteiger partial charge in [-0.3, -0.25) is 9.59 Å². The van der Waals surface area contributed by atoms with Crippen molar-refractivity contribution in [1.82, 2.24) is 4.90 Å². The van der Waals surface area contributed by atoms with Gasteiger partial charge in [-0.1, -0.05) is 6.92 Å². The first-order valence-corrected chi connectivity index (χ1v) is 6.75. The summed E-state index contributed by atoms with van der Waals surface area (Å²) in [6.45, 7) is 3.95. The Morgan fingerprint density at radius 2 is 2.06 bits per heavy atom. The van der Waals surface area contributed by atoms with E-state index in [-0.39, 0.29) is 23.8 Å². The van der Waals surface area contributed by atoms with Gasteiger partial charge in [0.15, 0.2) is 0 Å². The molecule has 18 heavy (non-hydrogen) atoms. The van der Waals surface area contributed by atoms with E-state index in [0.29, 0.717) is 39.0 Å². The number of hydrogen-bond donors (Lipinski definition) is 1. The molecule has 1 saturated heterocycles. The van der Waals surface area contributed by atoms with E-state index in [2.05, 4.69) is 6.92 Å². The Morgan fingerprint density at radius 1 is 1.33 bits per heavy atom. The Hall–Kier alpha value is -1.10. The predicted molar refractivity (Wildman–Crippen MR) is 65.1 cm³/mol. The Kier molecular flexibility index (Phi) is 4.22. The number of carbonyl (C=O) groups is 2. The van der Waals surface area contributed by atoms with Gasteiger partial charge in [0, 0.05) is 19.0 Å². The van der Waals surface area contributed by atoms with Gasteiger partial charge in [-0.2, -0.15) is 0 Å². The highest BCUT2D eigenvalue weighted by molar-refractivity contribution is 5.81. The number of morpholine rings is 1. The number of amides is 1. The van der Waals surface area contributed by atoms with Crippen LogP contribution < -0.4 is 0 Å². The Labute approximate surface area is 107 Å². The Balaban J connectivity index is 1.89. The first-order valence-electron chi connectivity index (χ1n) is 6.75. The smallest absolute Gasteiger partial charge is 0.306 e. The van der Waals surface area contributed by atoms with Gasteiger partial charge < -0.3 is 14.7 Å². The van der Waals surface area contributed by atoms with Gasteiger partial charge in [-0.05, 0) is 25.7 Å². The van der Waals surface area contributed by atoms with Crippen LogP contribution in [0.1, 0.15) is 32.6 Å². The third-order valence-corrected chi connectivity index (χ3v) is 4.04. The van der Waals surface area contributed by atoms with Gasteiger partial charge in [0.1, 0.15) is 0 Å². The van der Waals surface area contributed by atoms with Crippen LogP contribution in [-0.2, 0) is 14.3 Å². The highest BCUT2D eigenvalue weighted by Gasteiger charge is 2.36. The van der Waals surface area contributed by atoms with Crippen LogP contribution in [0.15, 0.2) is 0 Å². The monoisotopic (exact) mass is 255 g/mol. The van der Waals surface area contributed by atoms with Crippen LogP contribution in [0.25, 0.3) is 0 Å². The molecule has 1 heterocycles. The summed E-state index contributed by atoms with van der Waals surface area (Å²) in [4.78, 5) is 25.1. The third kappa shape index (κ3) is 2.83. The second kappa shape index (κ2) is 5.69. The summed E-state index contributed by atoms with van der Waals surface area (Å²) in [6.07, 6.45) is 2.89.